The standard InChI is InChI=1S/C16H15N5O5S/c22-16-11-14(19-15-6-1-2-9-20(15)16)17-7-8-18-27(25,26)13-5-3-4-12(10-13)21(23)24/h1-6,9-11,17-18H,7-8H2. The van der Waals surface area contributed by atoms with E-state index < -0.39 is 14.9 Å². The van der Waals surface area contributed by atoms with Crippen LogP contribution in [0.1, 0.15) is 0 Å². The van der Waals surface area contributed by atoms with Gasteiger partial charge in [-0.1, -0.05) is 12.1 Å². The van der Waals surface area contributed by atoms with Crippen LogP contribution >= 0.6 is 0 Å². The number of fused-ring (bicyclic) bond motifs is 1. The van der Waals surface area contributed by atoms with Crippen LogP contribution in [0.4, 0.5) is 11.5 Å². The Kier molecular flexibility index (Phi) is 5.14. The quantitative estimate of drug-likeness (QED) is 0.349. The highest BCUT2D eigenvalue weighted by atomic mass is 32.2. The summed E-state index contributed by atoms with van der Waals surface area (Å²) in [4.78, 5) is 26.1. The zero-order valence-electron chi connectivity index (χ0n) is 13.9. The van der Waals surface area contributed by atoms with E-state index in [-0.39, 0.29) is 29.2 Å². The van der Waals surface area contributed by atoms with Crippen molar-refractivity contribution in [2.75, 3.05) is 18.4 Å². The molecule has 2 N–H and O–H groups in total. The third-order valence-electron chi connectivity index (χ3n) is 3.63. The second-order valence-electron chi connectivity index (χ2n) is 5.49. The molecule has 0 atom stereocenters. The number of hydrogen-bond donors (Lipinski definition) is 2. The first-order chi connectivity index (χ1) is 12.9. The molecule has 0 radical (unpaired) electrons. The van der Waals surface area contributed by atoms with Crippen LogP contribution in [0.15, 0.2) is 64.4 Å². The van der Waals surface area contributed by atoms with Gasteiger partial charge in [0.15, 0.2) is 0 Å². The SMILES string of the molecule is O=c1cc(NCCNS(=O)(=O)c2cccc([N+](=O)[O-])c2)nc2ccccn12. The summed E-state index contributed by atoms with van der Waals surface area (Å²) in [5.41, 5.74) is -0.109. The number of nitrogens with zero attached hydrogens (tertiary/aromatic N) is 3. The fourth-order valence-corrected chi connectivity index (χ4v) is 3.44. The maximum Gasteiger partial charge on any atom is 0.270 e. The first-order valence-electron chi connectivity index (χ1n) is 7.83. The largest absolute Gasteiger partial charge is 0.369 e. The molecule has 0 saturated carbocycles. The summed E-state index contributed by atoms with van der Waals surface area (Å²) in [6.45, 7) is 0.171. The molecule has 27 heavy (non-hydrogen) atoms. The third kappa shape index (κ3) is 4.27. The van der Waals surface area contributed by atoms with E-state index in [1.807, 2.05) is 0 Å². The lowest BCUT2D eigenvalue weighted by atomic mass is 10.3. The molecule has 10 nitrogen and oxygen atoms in total. The summed E-state index contributed by atoms with van der Waals surface area (Å²) in [6.07, 6.45) is 1.60. The van der Waals surface area contributed by atoms with Crippen molar-refractivity contribution in [3.05, 3.63) is 75.2 Å². The number of sulfonamides is 1. The van der Waals surface area contributed by atoms with Crippen LogP contribution in [0.25, 0.3) is 5.65 Å². The molecular formula is C16H15N5O5S. The molecule has 2 heterocycles. The van der Waals surface area contributed by atoms with E-state index in [1.54, 1.807) is 24.4 Å². The van der Waals surface area contributed by atoms with Gasteiger partial charge in [0, 0.05) is 37.5 Å². The number of nitro benzene ring substituents is 1. The van der Waals surface area contributed by atoms with Crippen LogP contribution < -0.4 is 15.6 Å². The van der Waals surface area contributed by atoms with Gasteiger partial charge in [-0.15, -0.1) is 0 Å². The van der Waals surface area contributed by atoms with E-state index >= 15 is 0 Å². The summed E-state index contributed by atoms with van der Waals surface area (Å²) in [6, 6.07) is 11.2. The molecule has 0 saturated heterocycles. The van der Waals surface area contributed by atoms with E-state index in [2.05, 4.69) is 15.0 Å². The predicted octanol–water partition coefficient (Wildman–Crippen LogP) is 0.993. The minimum atomic E-state index is -3.89. The summed E-state index contributed by atoms with van der Waals surface area (Å²) in [7, 11) is -3.89. The minimum Gasteiger partial charge on any atom is -0.369 e. The van der Waals surface area contributed by atoms with Crippen LogP contribution in [-0.4, -0.2) is 35.8 Å². The topological polar surface area (TPSA) is 136 Å². The number of non-ortho nitro benzene ring substituents is 1. The van der Waals surface area contributed by atoms with Crippen molar-refractivity contribution in [3.8, 4) is 0 Å². The van der Waals surface area contributed by atoms with Gasteiger partial charge < -0.3 is 5.32 Å². The van der Waals surface area contributed by atoms with Crippen molar-refractivity contribution in [3.63, 3.8) is 0 Å². The second kappa shape index (κ2) is 7.51. The van der Waals surface area contributed by atoms with E-state index in [0.717, 1.165) is 6.07 Å². The first kappa shape index (κ1) is 18.5. The van der Waals surface area contributed by atoms with Gasteiger partial charge in [-0.05, 0) is 18.2 Å². The van der Waals surface area contributed by atoms with Gasteiger partial charge in [-0.25, -0.2) is 18.1 Å². The molecule has 0 unspecified atom stereocenters. The highest BCUT2D eigenvalue weighted by Crippen LogP contribution is 2.16. The molecule has 0 amide bonds. The average molecular weight is 389 g/mol. The van der Waals surface area contributed by atoms with Crippen LogP contribution in [-0.2, 0) is 10.0 Å². The zero-order chi connectivity index (χ0) is 19.4. The molecule has 0 fully saturated rings. The Morgan fingerprint density at radius 1 is 1.11 bits per heavy atom. The van der Waals surface area contributed by atoms with Crippen LogP contribution in [0.5, 0.6) is 0 Å². The Balaban J connectivity index is 1.64. The molecule has 11 heteroatoms. The Morgan fingerprint density at radius 2 is 1.93 bits per heavy atom. The van der Waals surface area contributed by atoms with Gasteiger partial charge in [0.05, 0.1) is 9.82 Å². The molecule has 0 aliphatic heterocycles. The minimum absolute atomic E-state index is 0.000859. The Morgan fingerprint density at radius 3 is 2.70 bits per heavy atom. The summed E-state index contributed by atoms with van der Waals surface area (Å²) >= 11 is 0. The van der Waals surface area contributed by atoms with Gasteiger partial charge >= 0.3 is 0 Å². The number of hydrogen-bond acceptors (Lipinski definition) is 7. The van der Waals surface area contributed by atoms with Crippen molar-refractivity contribution < 1.29 is 13.3 Å². The predicted molar refractivity (Wildman–Crippen MR) is 98.2 cm³/mol. The molecule has 3 aromatic rings. The van der Waals surface area contributed by atoms with Crippen LogP contribution in [0, 0.1) is 10.1 Å². The summed E-state index contributed by atoms with van der Waals surface area (Å²) in [5.74, 6) is 0.320. The number of benzene rings is 1. The number of pyridine rings is 1. The van der Waals surface area contributed by atoms with Crippen molar-refractivity contribution in [1.29, 1.82) is 0 Å². The van der Waals surface area contributed by atoms with E-state index in [0.29, 0.717) is 11.5 Å². The summed E-state index contributed by atoms with van der Waals surface area (Å²) < 4.78 is 28.2. The lowest BCUT2D eigenvalue weighted by Gasteiger charge is -2.09. The fraction of sp³-hybridized carbons (Fsp3) is 0.125. The van der Waals surface area contributed by atoms with Gasteiger partial charge in [0.1, 0.15) is 11.5 Å². The molecule has 2 aromatic heterocycles. The van der Waals surface area contributed by atoms with E-state index in [9.17, 15) is 23.3 Å². The molecule has 0 bridgehead atoms. The zero-order valence-corrected chi connectivity index (χ0v) is 14.7. The fourth-order valence-electron chi connectivity index (χ4n) is 2.37. The van der Waals surface area contributed by atoms with Crippen molar-refractivity contribution in [1.82, 2.24) is 14.1 Å². The smallest absolute Gasteiger partial charge is 0.270 e. The second-order valence-corrected chi connectivity index (χ2v) is 7.25. The number of aromatic nitrogens is 2. The lowest BCUT2D eigenvalue weighted by Crippen LogP contribution is -2.29. The number of nitro groups is 1. The molecule has 0 aliphatic carbocycles. The van der Waals surface area contributed by atoms with Gasteiger partial charge in [-0.3, -0.25) is 19.3 Å². The molecular weight excluding hydrogens is 374 g/mol. The number of rotatable bonds is 7. The average Bonchev–Trinajstić information content (AvgIpc) is 2.65. The maximum atomic E-state index is 12.2. The van der Waals surface area contributed by atoms with E-state index in [1.165, 1.54) is 28.7 Å². The highest BCUT2D eigenvalue weighted by molar-refractivity contribution is 7.89. The van der Waals surface area contributed by atoms with E-state index in [4.69, 9.17) is 0 Å². The highest BCUT2D eigenvalue weighted by Gasteiger charge is 2.17. The molecule has 140 valence electrons. The monoisotopic (exact) mass is 389 g/mol. The Hall–Kier alpha value is -3.31. The van der Waals surface area contributed by atoms with Crippen molar-refractivity contribution in [2.24, 2.45) is 0 Å². The maximum absolute atomic E-state index is 12.2. The Bertz CT molecular complexity index is 1160. The summed E-state index contributed by atoms with van der Waals surface area (Å²) in [5, 5.41) is 13.6. The van der Waals surface area contributed by atoms with Gasteiger partial charge in [-0.2, -0.15) is 0 Å². The molecule has 0 aliphatic rings. The molecule has 3 rings (SSSR count). The normalized spacial score (nSPS) is 11.4. The van der Waals surface area contributed by atoms with Crippen molar-refractivity contribution in [2.45, 2.75) is 4.90 Å². The van der Waals surface area contributed by atoms with Gasteiger partial charge in [0.2, 0.25) is 10.0 Å². The lowest BCUT2D eigenvalue weighted by molar-refractivity contribution is -0.385. The Labute approximate surface area is 153 Å². The number of nitrogens with one attached hydrogen (secondary N) is 2. The first-order valence-corrected chi connectivity index (χ1v) is 9.31. The van der Waals surface area contributed by atoms with Crippen LogP contribution in [0.3, 0.4) is 0 Å². The molecule has 0 spiro atoms. The third-order valence-corrected chi connectivity index (χ3v) is 5.09. The number of anilines is 1. The van der Waals surface area contributed by atoms with Crippen LogP contribution in [0.2, 0.25) is 0 Å². The van der Waals surface area contributed by atoms with Gasteiger partial charge in [0.25, 0.3) is 11.2 Å². The van der Waals surface area contributed by atoms with Crippen molar-refractivity contribution >= 4 is 27.2 Å². The molecule has 1 aromatic carbocycles.